The topological polar surface area (TPSA) is 46.5 Å². The highest BCUT2D eigenvalue weighted by Gasteiger charge is 1.86. The minimum atomic E-state index is -1.36. The van der Waals surface area contributed by atoms with Crippen molar-refractivity contribution < 1.29 is 14.6 Å². The van der Waals surface area contributed by atoms with Crippen LogP contribution in [0.4, 0.5) is 4.79 Å². The van der Waals surface area contributed by atoms with Gasteiger partial charge in [-0.15, -0.1) is 0 Å². The van der Waals surface area contributed by atoms with Crippen LogP contribution in [0.25, 0.3) is 0 Å². The number of rotatable bonds is 0. The standard InChI is InChI=1S/C4H3IO3/c5-2-1-3-8-4(6)7/h2H2,(H,6,7). The molecule has 0 aliphatic rings. The molecule has 1 N–H and O–H groups in total. The van der Waals surface area contributed by atoms with Crippen LogP contribution in [0.5, 0.6) is 0 Å². The van der Waals surface area contributed by atoms with Crippen LogP contribution in [0.3, 0.4) is 0 Å². The molecule has 0 aliphatic carbocycles. The molecule has 0 saturated carbocycles. The Morgan fingerprint density at radius 1 is 1.88 bits per heavy atom. The Labute approximate surface area is 60.2 Å². The largest absolute Gasteiger partial charge is 0.520 e. The molecule has 0 heterocycles. The van der Waals surface area contributed by atoms with Gasteiger partial charge >= 0.3 is 6.16 Å². The molecule has 0 amide bonds. The lowest BCUT2D eigenvalue weighted by Crippen LogP contribution is -1.91. The van der Waals surface area contributed by atoms with Gasteiger partial charge in [-0.1, -0.05) is 22.6 Å². The fourth-order valence-corrected chi connectivity index (χ4v) is 0.263. The molecule has 0 aromatic rings. The van der Waals surface area contributed by atoms with Gasteiger partial charge in [0, 0.05) is 0 Å². The van der Waals surface area contributed by atoms with Crippen LogP contribution >= 0.6 is 22.6 Å². The second-order valence-electron chi connectivity index (χ2n) is 0.780. The van der Waals surface area contributed by atoms with Gasteiger partial charge in [-0.2, -0.15) is 0 Å². The van der Waals surface area contributed by atoms with Crippen molar-refractivity contribution in [1.82, 2.24) is 0 Å². The molecule has 0 radical (unpaired) electrons. The Bertz CT molecular complexity index is 132. The summed E-state index contributed by atoms with van der Waals surface area (Å²) in [4.78, 5) is 9.55. The van der Waals surface area contributed by atoms with E-state index in [1.807, 2.05) is 28.7 Å². The highest BCUT2D eigenvalue weighted by Crippen LogP contribution is 1.75. The Morgan fingerprint density at radius 3 is 2.88 bits per heavy atom. The van der Waals surface area contributed by atoms with Gasteiger partial charge in [-0.3, -0.25) is 0 Å². The van der Waals surface area contributed by atoms with Crippen LogP contribution in [0.1, 0.15) is 0 Å². The molecule has 0 spiro atoms. The number of halogens is 1. The molecule has 8 heavy (non-hydrogen) atoms. The normalized spacial score (nSPS) is 6.62. The monoisotopic (exact) mass is 226 g/mol. The van der Waals surface area contributed by atoms with Gasteiger partial charge in [0.2, 0.25) is 0 Å². The van der Waals surface area contributed by atoms with E-state index in [2.05, 4.69) is 10.7 Å². The maximum absolute atomic E-state index is 9.55. The van der Waals surface area contributed by atoms with Gasteiger partial charge in [0.05, 0.1) is 4.43 Å². The first-order valence-corrected chi connectivity index (χ1v) is 3.23. The van der Waals surface area contributed by atoms with Gasteiger partial charge in [0.15, 0.2) is 0 Å². The van der Waals surface area contributed by atoms with Crippen molar-refractivity contribution in [1.29, 1.82) is 0 Å². The molecule has 0 rings (SSSR count). The third kappa shape index (κ3) is 5.56. The van der Waals surface area contributed by atoms with Gasteiger partial charge < -0.3 is 9.84 Å². The molecule has 0 fully saturated rings. The Hall–Kier alpha value is -0.440. The fraction of sp³-hybridized carbons (Fsp3) is 0.250. The summed E-state index contributed by atoms with van der Waals surface area (Å²) in [6.07, 6.45) is 0.619. The lowest BCUT2D eigenvalue weighted by Gasteiger charge is -1.79. The summed E-state index contributed by atoms with van der Waals surface area (Å²) >= 11 is 1.99. The smallest absolute Gasteiger partial charge is 0.449 e. The summed E-state index contributed by atoms with van der Waals surface area (Å²) in [7, 11) is 0. The SMILES string of the molecule is O=C(O)OC#CCI. The van der Waals surface area contributed by atoms with Crippen LogP contribution in [0, 0.1) is 12.0 Å². The zero-order valence-corrected chi connectivity index (χ0v) is 6.01. The predicted octanol–water partition coefficient (Wildman–Crippen LogP) is 1.08. The van der Waals surface area contributed by atoms with Gasteiger partial charge in [0.25, 0.3) is 0 Å². The lowest BCUT2D eigenvalue weighted by atomic mass is 10.8. The Morgan fingerprint density at radius 2 is 2.50 bits per heavy atom. The summed E-state index contributed by atoms with van der Waals surface area (Å²) in [6, 6.07) is 0. The molecule has 4 heteroatoms. The van der Waals surface area contributed by atoms with Crippen molar-refractivity contribution in [3.05, 3.63) is 0 Å². The molecule has 0 atom stereocenters. The molecule has 0 aliphatic heterocycles. The Balaban J connectivity index is 3.29. The molecule has 3 nitrogen and oxygen atoms in total. The molecule has 0 bridgehead atoms. The summed E-state index contributed by atoms with van der Waals surface area (Å²) in [5, 5.41) is 7.81. The van der Waals surface area contributed by atoms with E-state index in [1.165, 1.54) is 0 Å². The van der Waals surface area contributed by atoms with Crippen LogP contribution in [0.2, 0.25) is 0 Å². The van der Waals surface area contributed by atoms with Crippen LogP contribution < -0.4 is 0 Å². The van der Waals surface area contributed by atoms with Crippen molar-refractivity contribution >= 4 is 28.7 Å². The van der Waals surface area contributed by atoms with Gasteiger partial charge in [-0.05, 0) is 5.92 Å². The molecule has 44 valence electrons. The van der Waals surface area contributed by atoms with Crippen molar-refractivity contribution in [2.75, 3.05) is 4.43 Å². The van der Waals surface area contributed by atoms with Crippen LogP contribution in [-0.2, 0) is 4.74 Å². The second kappa shape index (κ2) is 4.71. The molecule has 0 aromatic carbocycles. The quantitative estimate of drug-likeness (QED) is 0.291. The van der Waals surface area contributed by atoms with E-state index in [9.17, 15) is 4.79 Å². The Kier molecular flexibility index (Phi) is 4.45. The van der Waals surface area contributed by atoms with Crippen molar-refractivity contribution in [2.45, 2.75) is 0 Å². The summed E-state index contributed by atoms with van der Waals surface area (Å²) in [5.41, 5.74) is 0. The first-order valence-electron chi connectivity index (χ1n) is 1.71. The highest BCUT2D eigenvalue weighted by atomic mass is 127. The minimum absolute atomic E-state index is 0.574. The van der Waals surface area contributed by atoms with E-state index < -0.39 is 6.16 Å². The maximum atomic E-state index is 9.55. The zero-order chi connectivity index (χ0) is 6.41. The van der Waals surface area contributed by atoms with Crippen molar-refractivity contribution in [3.63, 3.8) is 0 Å². The number of ether oxygens (including phenoxy) is 1. The number of carboxylic acid groups (broad SMARTS) is 1. The van der Waals surface area contributed by atoms with E-state index in [0.29, 0.717) is 4.43 Å². The molecule has 0 saturated heterocycles. The van der Waals surface area contributed by atoms with Crippen LogP contribution in [-0.4, -0.2) is 15.7 Å². The minimum Gasteiger partial charge on any atom is -0.449 e. The van der Waals surface area contributed by atoms with E-state index in [1.54, 1.807) is 0 Å². The average molecular weight is 226 g/mol. The molecular formula is C4H3IO3. The number of alkyl halides is 1. The third-order valence-corrected chi connectivity index (χ3v) is 0.659. The number of hydrogen-bond donors (Lipinski definition) is 1. The second-order valence-corrected chi connectivity index (χ2v) is 1.54. The first kappa shape index (κ1) is 7.56. The zero-order valence-electron chi connectivity index (χ0n) is 3.85. The fourth-order valence-electron chi connectivity index (χ4n) is 0.107. The number of carbonyl (C=O) groups is 1. The van der Waals surface area contributed by atoms with Crippen LogP contribution in [0.15, 0.2) is 0 Å². The van der Waals surface area contributed by atoms with E-state index in [-0.39, 0.29) is 0 Å². The summed E-state index contributed by atoms with van der Waals surface area (Å²) in [5.74, 6) is 2.41. The average Bonchev–Trinajstić information content (AvgIpc) is 1.66. The van der Waals surface area contributed by atoms with Gasteiger partial charge in [-0.25, -0.2) is 4.79 Å². The van der Waals surface area contributed by atoms with E-state index >= 15 is 0 Å². The maximum Gasteiger partial charge on any atom is 0.520 e. The lowest BCUT2D eigenvalue weighted by molar-refractivity contribution is 0.134. The van der Waals surface area contributed by atoms with E-state index in [0.717, 1.165) is 0 Å². The molecule has 0 unspecified atom stereocenters. The predicted molar refractivity (Wildman–Crippen MR) is 35.8 cm³/mol. The van der Waals surface area contributed by atoms with Crippen molar-refractivity contribution in [2.24, 2.45) is 0 Å². The molecule has 0 aromatic heterocycles. The van der Waals surface area contributed by atoms with Crippen molar-refractivity contribution in [3.8, 4) is 12.0 Å². The summed E-state index contributed by atoms with van der Waals surface area (Å²) in [6.45, 7) is 0. The number of hydrogen-bond acceptors (Lipinski definition) is 2. The first-order chi connectivity index (χ1) is 3.77. The molecular weight excluding hydrogens is 223 g/mol. The highest BCUT2D eigenvalue weighted by molar-refractivity contribution is 14.1. The third-order valence-electron chi connectivity index (χ3n) is 0.277. The van der Waals surface area contributed by atoms with E-state index in [4.69, 9.17) is 5.11 Å². The summed E-state index contributed by atoms with van der Waals surface area (Å²) < 4.78 is 4.41. The van der Waals surface area contributed by atoms with Gasteiger partial charge in [0.1, 0.15) is 6.11 Å².